The van der Waals surface area contributed by atoms with Crippen molar-refractivity contribution in [3.05, 3.63) is 54.0 Å². The van der Waals surface area contributed by atoms with Crippen LogP contribution in [-0.2, 0) is 13.2 Å². The third-order valence-corrected chi connectivity index (χ3v) is 2.60. The first-order valence-electron chi connectivity index (χ1n) is 6.21. The van der Waals surface area contributed by atoms with Crippen LogP contribution in [0.1, 0.15) is 25.2 Å². The maximum absolute atomic E-state index is 5.62. The summed E-state index contributed by atoms with van der Waals surface area (Å²) in [7, 11) is 0. The molecule has 1 aromatic carbocycles. The number of benzene rings is 1. The summed E-state index contributed by atoms with van der Waals surface area (Å²) in [6.07, 6.45) is 1.65. The number of hydrogen-bond donors (Lipinski definition) is 1. The van der Waals surface area contributed by atoms with Gasteiger partial charge in [0.2, 0.25) is 0 Å². The van der Waals surface area contributed by atoms with Gasteiger partial charge in [0.1, 0.15) is 18.1 Å². The van der Waals surface area contributed by atoms with E-state index in [1.54, 1.807) is 6.26 Å². The zero-order chi connectivity index (χ0) is 12.8. The standard InChI is InChI=1S/C15H19NO2/c1-12(2)16-10-13-5-7-14(8-6-13)18-11-15-4-3-9-17-15/h3-9,12,16H,10-11H2,1-2H3. The fourth-order valence-electron chi connectivity index (χ4n) is 1.57. The molecule has 0 amide bonds. The number of hydrogen-bond acceptors (Lipinski definition) is 3. The number of rotatable bonds is 6. The third kappa shape index (κ3) is 3.93. The molecule has 0 saturated heterocycles. The van der Waals surface area contributed by atoms with E-state index in [4.69, 9.17) is 9.15 Å². The zero-order valence-electron chi connectivity index (χ0n) is 10.8. The highest BCUT2D eigenvalue weighted by molar-refractivity contribution is 5.27. The lowest BCUT2D eigenvalue weighted by Crippen LogP contribution is -2.21. The van der Waals surface area contributed by atoms with Crippen LogP contribution in [0.25, 0.3) is 0 Å². The predicted molar refractivity (Wildman–Crippen MR) is 71.5 cm³/mol. The summed E-state index contributed by atoms with van der Waals surface area (Å²) in [4.78, 5) is 0. The van der Waals surface area contributed by atoms with Crippen LogP contribution < -0.4 is 10.1 Å². The molecule has 0 saturated carbocycles. The van der Waals surface area contributed by atoms with Crippen molar-refractivity contribution in [2.75, 3.05) is 0 Å². The van der Waals surface area contributed by atoms with Crippen molar-refractivity contribution in [3.63, 3.8) is 0 Å². The first kappa shape index (κ1) is 12.7. The summed E-state index contributed by atoms with van der Waals surface area (Å²) in [5.74, 6) is 1.69. The number of nitrogens with one attached hydrogen (secondary N) is 1. The highest BCUT2D eigenvalue weighted by Crippen LogP contribution is 2.14. The molecule has 0 bridgehead atoms. The van der Waals surface area contributed by atoms with E-state index in [-0.39, 0.29) is 0 Å². The molecular weight excluding hydrogens is 226 g/mol. The van der Waals surface area contributed by atoms with Crippen LogP contribution in [0.3, 0.4) is 0 Å². The molecule has 0 aliphatic rings. The minimum atomic E-state index is 0.469. The van der Waals surface area contributed by atoms with Crippen LogP contribution in [0.4, 0.5) is 0 Å². The van der Waals surface area contributed by atoms with Crippen LogP contribution in [0.2, 0.25) is 0 Å². The molecule has 18 heavy (non-hydrogen) atoms. The monoisotopic (exact) mass is 245 g/mol. The molecule has 1 N–H and O–H groups in total. The molecule has 96 valence electrons. The Hall–Kier alpha value is -1.74. The van der Waals surface area contributed by atoms with Crippen LogP contribution in [0.5, 0.6) is 5.75 Å². The second kappa shape index (κ2) is 6.26. The largest absolute Gasteiger partial charge is 0.486 e. The van der Waals surface area contributed by atoms with Gasteiger partial charge in [0.15, 0.2) is 0 Å². The quantitative estimate of drug-likeness (QED) is 0.847. The van der Waals surface area contributed by atoms with Gasteiger partial charge >= 0.3 is 0 Å². The average Bonchev–Trinajstić information content (AvgIpc) is 2.88. The van der Waals surface area contributed by atoms with E-state index in [1.807, 2.05) is 24.3 Å². The van der Waals surface area contributed by atoms with Gasteiger partial charge in [-0.3, -0.25) is 0 Å². The minimum Gasteiger partial charge on any atom is -0.486 e. The molecule has 3 heteroatoms. The van der Waals surface area contributed by atoms with E-state index in [1.165, 1.54) is 5.56 Å². The average molecular weight is 245 g/mol. The second-order valence-corrected chi connectivity index (χ2v) is 4.55. The van der Waals surface area contributed by atoms with Gasteiger partial charge < -0.3 is 14.5 Å². The Morgan fingerprint density at radius 3 is 2.56 bits per heavy atom. The van der Waals surface area contributed by atoms with Gasteiger partial charge in [0.05, 0.1) is 6.26 Å². The molecule has 0 fully saturated rings. The molecule has 0 unspecified atom stereocenters. The van der Waals surface area contributed by atoms with Crippen molar-refractivity contribution in [1.29, 1.82) is 0 Å². The van der Waals surface area contributed by atoms with Crippen LogP contribution >= 0.6 is 0 Å². The smallest absolute Gasteiger partial charge is 0.146 e. The van der Waals surface area contributed by atoms with Gasteiger partial charge in [-0.2, -0.15) is 0 Å². The predicted octanol–water partition coefficient (Wildman–Crippen LogP) is 3.36. The minimum absolute atomic E-state index is 0.469. The summed E-state index contributed by atoms with van der Waals surface area (Å²) in [5.41, 5.74) is 1.26. The lowest BCUT2D eigenvalue weighted by atomic mass is 10.2. The van der Waals surface area contributed by atoms with Gasteiger partial charge in [0.25, 0.3) is 0 Å². The highest BCUT2D eigenvalue weighted by Gasteiger charge is 1.99. The number of ether oxygens (including phenoxy) is 1. The van der Waals surface area contributed by atoms with E-state index >= 15 is 0 Å². The van der Waals surface area contributed by atoms with Gasteiger partial charge in [-0.1, -0.05) is 26.0 Å². The van der Waals surface area contributed by atoms with Crippen LogP contribution in [0, 0.1) is 0 Å². The molecule has 3 nitrogen and oxygen atoms in total. The van der Waals surface area contributed by atoms with E-state index in [2.05, 4.69) is 31.3 Å². The van der Waals surface area contributed by atoms with Crippen molar-refractivity contribution >= 4 is 0 Å². The maximum Gasteiger partial charge on any atom is 0.146 e. The Morgan fingerprint density at radius 2 is 1.94 bits per heavy atom. The van der Waals surface area contributed by atoms with Gasteiger partial charge in [-0.15, -0.1) is 0 Å². The van der Waals surface area contributed by atoms with Crippen molar-refractivity contribution in [1.82, 2.24) is 5.32 Å². The van der Waals surface area contributed by atoms with Crippen molar-refractivity contribution in [2.24, 2.45) is 0 Å². The summed E-state index contributed by atoms with van der Waals surface area (Å²) in [6, 6.07) is 12.4. The molecule has 1 aromatic heterocycles. The lowest BCUT2D eigenvalue weighted by molar-refractivity contribution is 0.270. The zero-order valence-corrected chi connectivity index (χ0v) is 10.8. The Bertz CT molecular complexity index is 446. The van der Waals surface area contributed by atoms with E-state index in [0.29, 0.717) is 12.6 Å². The fraction of sp³-hybridized carbons (Fsp3) is 0.333. The van der Waals surface area contributed by atoms with Gasteiger partial charge in [-0.25, -0.2) is 0 Å². The first-order chi connectivity index (χ1) is 8.74. The third-order valence-electron chi connectivity index (χ3n) is 2.60. The fourth-order valence-corrected chi connectivity index (χ4v) is 1.57. The first-order valence-corrected chi connectivity index (χ1v) is 6.21. The summed E-state index contributed by atoms with van der Waals surface area (Å²) in [6.45, 7) is 5.63. The normalized spacial score (nSPS) is 10.8. The SMILES string of the molecule is CC(C)NCc1ccc(OCc2ccco2)cc1. The van der Waals surface area contributed by atoms with Crippen molar-refractivity contribution < 1.29 is 9.15 Å². The molecule has 0 aliphatic carbocycles. The molecule has 0 radical (unpaired) electrons. The van der Waals surface area contributed by atoms with Gasteiger partial charge in [-0.05, 0) is 29.8 Å². The van der Waals surface area contributed by atoms with E-state index in [9.17, 15) is 0 Å². The van der Waals surface area contributed by atoms with Crippen LogP contribution in [-0.4, -0.2) is 6.04 Å². The molecule has 1 heterocycles. The molecule has 2 rings (SSSR count). The van der Waals surface area contributed by atoms with Crippen molar-refractivity contribution in [2.45, 2.75) is 33.0 Å². The summed E-state index contributed by atoms with van der Waals surface area (Å²) >= 11 is 0. The molecule has 2 aromatic rings. The summed E-state index contributed by atoms with van der Waals surface area (Å²) in [5, 5.41) is 3.38. The second-order valence-electron chi connectivity index (χ2n) is 4.55. The highest BCUT2D eigenvalue weighted by atomic mass is 16.5. The van der Waals surface area contributed by atoms with Crippen molar-refractivity contribution in [3.8, 4) is 5.75 Å². The van der Waals surface area contributed by atoms with E-state index < -0.39 is 0 Å². The lowest BCUT2D eigenvalue weighted by Gasteiger charge is -2.09. The Balaban J connectivity index is 1.83. The Morgan fingerprint density at radius 1 is 1.17 bits per heavy atom. The molecular formula is C15H19NO2. The maximum atomic E-state index is 5.62. The van der Waals surface area contributed by atoms with Crippen LogP contribution in [0.15, 0.2) is 47.1 Å². The Kier molecular flexibility index (Phi) is 4.42. The Labute approximate surface area is 108 Å². The van der Waals surface area contributed by atoms with E-state index in [0.717, 1.165) is 18.1 Å². The topological polar surface area (TPSA) is 34.4 Å². The summed E-state index contributed by atoms with van der Waals surface area (Å²) < 4.78 is 10.8. The van der Waals surface area contributed by atoms with Gasteiger partial charge in [0, 0.05) is 12.6 Å². The molecule has 0 aliphatic heterocycles. The molecule has 0 spiro atoms. The molecule has 0 atom stereocenters. The number of furan rings is 1.